The predicted molar refractivity (Wildman–Crippen MR) is 95.0 cm³/mol. The minimum absolute atomic E-state index is 0.740. The number of halogens is 3. The van der Waals surface area contributed by atoms with Crippen molar-refractivity contribution in [1.82, 2.24) is 0 Å². The van der Waals surface area contributed by atoms with Gasteiger partial charge in [0.25, 0.3) is 0 Å². The number of benzene rings is 3. The Labute approximate surface area is 142 Å². The van der Waals surface area contributed by atoms with E-state index in [1.54, 1.807) is 0 Å². The molecule has 0 aliphatic heterocycles. The summed E-state index contributed by atoms with van der Waals surface area (Å²) >= 11 is 15.6. The molecule has 21 heavy (non-hydrogen) atoms. The van der Waals surface area contributed by atoms with Crippen LogP contribution in [0.4, 0.5) is 0 Å². The molecule has 0 aromatic heterocycles. The van der Waals surface area contributed by atoms with E-state index in [2.05, 4.69) is 34.1 Å². The van der Waals surface area contributed by atoms with Gasteiger partial charge in [-0.3, -0.25) is 0 Å². The minimum atomic E-state index is 0.740. The maximum atomic E-state index is 5.96. The van der Waals surface area contributed by atoms with Crippen molar-refractivity contribution in [1.29, 1.82) is 0 Å². The molecular formula is C18H11BrCl2. The van der Waals surface area contributed by atoms with Crippen molar-refractivity contribution in [2.75, 3.05) is 0 Å². The summed E-state index contributed by atoms with van der Waals surface area (Å²) in [6.07, 6.45) is 0. The highest BCUT2D eigenvalue weighted by molar-refractivity contribution is 9.10. The van der Waals surface area contributed by atoms with Crippen molar-refractivity contribution in [2.24, 2.45) is 0 Å². The van der Waals surface area contributed by atoms with E-state index in [0.29, 0.717) is 0 Å². The molecule has 0 fully saturated rings. The van der Waals surface area contributed by atoms with Gasteiger partial charge < -0.3 is 0 Å². The third-order valence-corrected chi connectivity index (χ3v) is 4.67. The normalized spacial score (nSPS) is 10.6. The second-order valence-corrected chi connectivity index (χ2v) is 6.35. The molecule has 0 nitrogen and oxygen atoms in total. The molecule has 3 heteroatoms. The fraction of sp³-hybridized carbons (Fsp3) is 0. The van der Waals surface area contributed by atoms with E-state index in [-0.39, 0.29) is 0 Å². The Morgan fingerprint density at radius 1 is 0.571 bits per heavy atom. The van der Waals surface area contributed by atoms with Gasteiger partial charge in [-0.05, 0) is 62.4 Å². The van der Waals surface area contributed by atoms with Crippen molar-refractivity contribution in [3.63, 3.8) is 0 Å². The molecule has 0 unspecified atom stereocenters. The molecule has 0 aliphatic rings. The minimum Gasteiger partial charge on any atom is -0.0843 e. The molecule has 0 radical (unpaired) electrons. The molecule has 0 aliphatic carbocycles. The molecule has 0 atom stereocenters. The average molecular weight is 378 g/mol. The lowest BCUT2D eigenvalue weighted by Crippen LogP contribution is -1.85. The SMILES string of the molecule is Clc1ccc(-c2cccc(-c3ccc(Cl)cc3)c2Br)cc1. The van der Waals surface area contributed by atoms with Crippen LogP contribution in [0, 0.1) is 0 Å². The van der Waals surface area contributed by atoms with Crippen LogP contribution in [-0.4, -0.2) is 0 Å². The van der Waals surface area contributed by atoms with E-state index in [9.17, 15) is 0 Å². The van der Waals surface area contributed by atoms with Gasteiger partial charge in [0.05, 0.1) is 0 Å². The lowest BCUT2D eigenvalue weighted by molar-refractivity contribution is 1.55. The first-order chi connectivity index (χ1) is 10.1. The second-order valence-electron chi connectivity index (χ2n) is 4.68. The van der Waals surface area contributed by atoms with Crippen LogP contribution in [0.3, 0.4) is 0 Å². The first-order valence-corrected chi connectivity index (χ1v) is 8.00. The number of hydrogen-bond acceptors (Lipinski definition) is 0. The van der Waals surface area contributed by atoms with Crippen molar-refractivity contribution in [3.8, 4) is 22.3 Å². The molecule has 3 aromatic rings. The first kappa shape index (κ1) is 14.6. The summed E-state index contributed by atoms with van der Waals surface area (Å²) in [6.45, 7) is 0. The zero-order valence-corrected chi connectivity index (χ0v) is 14.1. The van der Waals surface area contributed by atoms with Gasteiger partial charge in [0.2, 0.25) is 0 Å². The number of rotatable bonds is 2. The summed E-state index contributed by atoms with van der Waals surface area (Å²) in [5.74, 6) is 0. The van der Waals surface area contributed by atoms with E-state index >= 15 is 0 Å². The van der Waals surface area contributed by atoms with Gasteiger partial charge in [0.1, 0.15) is 0 Å². The zero-order valence-electron chi connectivity index (χ0n) is 11.0. The maximum Gasteiger partial charge on any atom is 0.0406 e. The van der Waals surface area contributed by atoms with Crippen LogP contribution in [-0.2, 0) is 0 Å². The Hall–Kier alpha value is -1.28. The monoisotopic (exact) mass is 376 g/mol. The van der Waals surface area contributed by atoms with E-state index in [4.69, 9.17) is 23.2 Å². The molecule has 3 aromatic carbocycles. The van der Waals surface area contributed by atoms with Gasteiger partial charge >= 0.3 is 0 Å². The Balaban J connectivity index is 2.10. The van der Waals surface area contributed by atoms with Crippen LogP contribution in [0.2, 0.25) is 10.0 Å². The van der Waals surface area contributed by atoms with Crippen LogP contribution in [0.1, 0.15) is 0 Å². The molecule has 0 heterocycles. The van der Waals surface area contributed by atoms with Crippen LogP contribution < -0.4 is 0 Å². The Kier molecular flexibility index (Phi) is 4.34. The third-order valence-electron chi connectivity index (χ3n) is 3.31. The highest BCUT2D eigenvalue weighted by Gasteiger charge is 2.09. The van der Waals surface area contributed by atoms with Crippen molar-refractivity contribution < 1.29 is 0 Å². The quantitative estimate of drug-likeness (QED) is 0.447. The predicted octanol–water partition coefficient (Wildman–Crippen LogP) is 7.09. The highest BCUT2D eigenvalue weighted by atomic mass is 79.9. The molecule has 0 spiro atoms. The third kappa shape index (κ3) is 3.16. The molecular weight excluding hydrogens is 367 g/mol. The highest BCUT2D eigenvalue weighted by Crippen LogP contribution is 2.37. The van der Waals surface area contributed by atoms with E-state index < -0.39 is 0 Å². The van der Waals surface area contributed by atoms with Crippen LogP contribution in [0.5, 0.6) is 0 Å². The van der Waals surface area contributed by atoms with Crippen LogP contribution in [0.25, 0.3) is 22.3 Å². The molecule has 3 rings (SSSR count). The lowest BCUT2D eigenvalue weighted by Gasteiger charge is -2.11. The molecule has 0 saturated heterocycles. The summed E-state index contributed by atoms with van der Waals surface area (Å²) in [5, 5.41) is 1.48. The first-order valence-electron chi connectivity index (χ1n) is 6.45. The summed E-state index contributed by atoms with van der Waals surface area (Å²) in [4.78, 5) is 0. The van der Waals surface area contributed by atoms with E-state index in [0.717, 1.165) is 36.8 Å². The zero-order chi connectivity index (χ0) is 14.8. The largest absolute Gasteiger partial charge is 0.0843 e. The summed E-state index contributed by atoms with van der Waals surface area (Å²) in [7, 11) is 0. The summed E-state index contributed by atoms with van der Waals surface area (Å²) < 4.78 is 1.06. The lowest BCUT2D eigenvalue weighted by atomic mass is 9.99. The Morgan fingerprint density at radius 3 is 1.33 bits per heavy atom. The molecule has 0 saturated carbocycles. The molecule has 104 valence electrons. The topological polar surface area (TPSA) is 0 Å². The second kappa shape index (κ2) is 6.23. The molecule has 0 bridgehead atoms. The van der Waals surface area contributed by atoms with Crippen LogP contribution in [0.15, 0.2) is 71.2 Å². The standard InChI is InChI=1S/C18H11BrCl2/c19-18-16(12-4-8-14(20)9-5-12)2-1-3-17(18)13-6-10-15(21)11-7-13/h1-11H. The molecule has 0 N–H and O–H groups in total. The van der Waals surface area contributed by atoms with Gasteiger partial charge in [-0.25, -0.2) is 0 Å². The van der Waals surface area contributed by atoms with E-state index in [1.165, 1.54) is 0 Å². The van der Waals surface area contributed by atoms with Gasteiger partial charge in [-0.1, -0.05) is 65.7 Å². The van der Waals surface area contributed by atoms with Gasteiger partial charge in [-0.15, -0.1) is 0 Å². The summed E-state index contributed by atoms with van der Waals surface area (Å²) in [6, 6.07) is 21.9. The van der Waals surface area contributed by atoms with Crippen molar-refractivity contribution >= 4 is 39.1 Å². The van der Waals surface area contributed by atoms with Crippen molar-refractivity contribution in [3.05, 3.63) is 81.2 Å². The Bertz CT molecular complexity index is 698. The van der Waals surface area contributed by atoms with E-state index in [1.807, 2.05) is 48.5 Å². The fourth-order valence-corrected chi connectivity index (χ4v) is 3.21. The fourth-order valence-electron chi connectivity index (χ4n) is 2.24. The maximum absolute atomic E-state index is 5.96. The molecule has 0 amide bonds. The van der Waals surface area contributed by atoms with Crippen molar-refractivity contribution in [2.45, 2.75) is 0 Å². The average Bonchev–Trinajstić information content (AvgIpc) is 2.50. The smallest absolute Gasteiger partial charge is 0.0406 e. The number of hydrogen-bond donors (Lipinski definition) is 0. The van der Waals surface area contributed by atoms with Gasteiger partial charge in [-0.2, -0.15) is 0 Å². The van der Waals surface area contributed by atoms with Gasteiger partial charge in [0.15, 0.2) is 0 Å². The van der Waals surface area contributed by atoms with Gasteiger partial charge in [0, 0.05) is 14.5 Å². The Morgan fingerprint density at radius 2 is 0.952 bits per heavy atom. The van der Waals surface area contributed by atoms with Crippen LogP contribution >= 0.6 is 39.1 Å². The summed E-state index contributed by atoms with van der Waals surface area (Å²) in [5.41, 5.74) is 4.53.